The Morgan fingerprint density at radius 1 is 1.22 bits per heavy atom. The topological polar surface area (TPSA) is 66.9 Å². The van der Waals surface area contributed by atoms with E-state index in [0.29, 0.717) is 16.5 Å². The second-order valence-corrected chi connectivity index (χ2v) is 3.87. The van der Waals surface area contributed by atoms with E-state index >= 15 is 0 Å². The van der Waals surface area contributed by atoms with Gasteiger partial charge in [0.2, 0.25) is 0 Å². The summed E-state index contributed by atoms with van der Waals surface area (Å²) < 4.78 is 0. The molecule has 2 heterocycles. The van der Waals surface area contributed by atoms with E-state index < -0.39 is 0 Å². The summed E-state index contributed by atoms with van der Waals surface area (Å²) in [7, 11) is 1.72. The van der Waals surface area contributed by atoms with Crippen LogP contribution in [-0.2, 0) is 0 Å². The Morgan fingerprint density at radius 2 is 1.94 bits per heavy atom. The van der Waals surface area contributed by atoms with Gasteiger partial charge in [-0.3, -0.25) is 9.78 Å². The van der Waals surface area contributed by atoms with Crippen molar-refractivity contribution in [1.29, 1.82) is 0 Å². The molecule has 2 rings (SSSR count). The number of hydrogen-bond acceptors (Lipinski definition) is 4. The first-order chi connectivity index (χ1) is 8.70. The predicted octanol–water partition coefficient (Wildman–Crippen LogP) is 2.42. The first-order valence-electron chi connectivity index (χ1n) is 5.26. The smallest absolute Gasteiger partial charge is 0.275 e. The number of nitrogens with zero attached hydrogens (tertiary/aromatic N) is 2. The van der Waals surface area contributed by atoms with Gasteiger partial charge in [-0.05, 0) is 24.3 Å². The summed E-state index contributed by atoms with van der Waals surface area (Å²) in [5.74, 6) is 0.225. The average Bonchev–Trinajstić information content (AvgIpc) is 2.40. The summed E-state index contributed by atoms with van der Waals surface area (Å²) in [5.41, 5.74) is 0.822. The molecule has 18 heavy (non-hydrogen) atoms. The minimum Gasteiger partial charge on any atom is -0.373 e. The molecule has 0 aliphatic heterocycles. The number of carbonyl (C=O) groups is 1. The first-order valence-corrected chi connectivity index (χ1v) is 5.64. The summed E-state index contributed by atoms with van der Waals surface area (Å²) >= 11 is 5.95. The third-order valence-electron chi connectivity index (χ3n) is 2.26. The molecule has 0 atom stereocenters. The van der Waals surface area contributed by atoms with Gasteiger partial charge in [0.05, 0.1) is 5.02 Å². The van der Waals surface area contributed by atoms with Crippen LogP contribution in [0.5, 0.6) is 0 Å². The summed E-state index contributed by atoms with van der Waals surface area (Å²) in [6.45, 7) is 0. The van der Waals surface area contributed by atoms with Gasteiger partial charge in [0.25, 0.3) is 5.91 Å². The van der Waals surface area contributed by atoms with Gasteiger partial charge in [-0.1, -0.05) is 11.6 Å². The van der Waals surface area contributed by atoms with Crippen molar-refractivity contribution in [2.45, 2.75) is 0 Å². The lowest BCUT2D eigenvalue weighted by atomic mass is 10.3. The number of aromatic nitrogens is 2. The van der Waals surface area contributed by atoms with Gasteiger partial charge >= 0.3 is 0 Å². The molecule has 0 spiro atoms. The lowest BCUT2D eigenvalue weighted by Gasteiger charge is -2.07. The van der Waals surface area contributed by atoms with Crippen LogP contribution in [0.1, 0.15) is 10.5 Å². The van der Waals surface area contributed by atoms with Crippen molar-refractivity contribution >= 4 is 29.0 Å². The molecular weight excluding hydrogens is 252 g/mol. The molecule has 0 saturated carbocycles. The van der Waals surface area contributed by atoms with E-state index in [1.165, 1.54) is 0 Å². The van der Waals surface area contributed by atoms with Gasteiger partial charge in [-0.25, -0.2) is 4.98 Å². The van der Waals surface area contributed by atoms with Crippen LogP contribution in [0.2, 0.25) is 5.02 Å². The highest BCUT2D eigenvalue weighted by atomic mass is 35.5. The zero-order chi connectivity index (χ0) is 13.0. The standard InChI is InChI=1S/C12H11ClN4O/c1-14-10-3-2-9(13)11(17-10)12(18)16-8-4-6-15-7-5-8/h2-7H,1H3,(H,14,17)(H,15,16,18). The second-order valence-electron chi connectivity index (χ2n) is 3.47. The number of anilines is 2. The van der Waals surface area contributed by atoms with Crippen molar-refractivity contribution in [3.8, 4) is 0 Å². The van der Waals surface area contributed by atoms with Crippen molar-refractivity contribution in [3.63, 3.8) is 0 Å². The maximum Gasteiger partial charge on any atom is 0.275 e. The van der Waals surface area contributed by atoms with Crippen molar-refractivity contribution in [2.24, 2.45) is 0 Å². The van der Waals surface area contributed by atoms with E-state index in [1.807, 2.05) is 0 Å². The van der Waals surface area contributed by atoms with Gasteiger partial charge < -0.3 is 10.6 Å². The van der Waals surface area contributed by atoms with Crippen LogP contribution in [0.15, 0.2) is 36.7 Å². The molecule has 0 saturated heterocycles. The first kappa shape index (κ1) is 12.3. The highest BCUT2D eigenvalue weighted by Crippen LogP contribution is 2.18. The van der Waals surface area contributed by atoms with E-state index in [2.05, 4.69) is 20.6 Å². The number of nitrogens with one attached hydrogen (secondary N) is 2. The minimum atomic E-state index is -0.358. The van der Waals surface area contributed by atoms with Gasteiger partial charge in [-0.2, -0.15) is 0 Å². The van der Waals surface area contributed by atoms with Gasteiger partial charge in [0, 0.05) is 25.1 Å². The zero-order valence-electron chi connectivity index (χ0n) is 9.64. The Labute approximate surface area is 109 Å². The molecule has 6 heteroatoms. The number of halogens is 1. The largest absolute Gasteiger partial charge is 0.373 e. The van der Waals surface area contributed by atoms with Crippen LogP contribution in [0.4, 0.5) is 11.5 Å². The molecule has 1 amide bonds. The molecule has 0 aromatic carbocycles. The SMILES string of the molecule is CNc1ccc(Cl)c(C(=O)Nc2ccncc2)n1. The monoisotopic (exact) mass is 262 g/mol. The van der Waals surface area contributed by atoms with E-state index in [9.17, 15) is 4.79 Å². The fraction of sp³-hybridized carbons (Fsp3) is 0.0833. The van der Waals surface area contributed by atoms with Crippen LogP contribution in [0, 0.1) is 0 Å². The molecule has 0 aliphatic rings. The van der Waals surface area contributed by atoms with E-state index in [-0.39, 0.29) is 11.6 Å². The molecule has 2 aromatic rings. The van der Waals surface area contributed by atoms with Gasteiger partial charge in [0.1, 0.15) is 11.5 Å². The van der Waals surface area contributed by atoms with Crippen molar-refractivity contribution in [1.82, 2.24) is 9.97 Å². The molecule has 5 nitrogen and oxygen atoms in total. The molecule has 2 N–H and O–H groups in total. The molecule has 0 bridgehead atoms. The predicted molar refractivity (Wildman–Crippen MR) is 71.0 cm³/mol. The lowest BCUT2D eigenvalue weighted by Crippen LogP contribution is -2.15. The quantitative estimate of drug-likeness (QED) is 0.892. The van der Waals surface area contributed by atoms with E-state index in [0.717, 1.165) is 0 Å². The maximum absolute atomic E-state index is 12.0. The molecule has 0 radical (unpaired) electrons. The highest BCUT2D eigenvalue weighted by molar-refractivity contribution is 6.34. The number of carbonyl (C=O) groups excluding carboxylic acids is 1. The van der Waals surface area contributed by atoms with Crippen molar-refractivity contribution in [3.05, 3.63) is 47.4 Å². The zero-order valence-corrected chi connectivity index (χ0v) is 10.4. The number of pyridine rings is 2. The van der Waals surface area contributed by atoms with Crippen molar-refractivity contribution in [2.75, 3.05) is 17.7 Å². The fourth-order valence-electron chi connectivity index (χ4n) is 1.37. The van der Waals surface area contributed by atoms with Crippen LogP contribution >= 0.6 is 11.6 Å². The number of amides is 1. The summed E-state index contributed by atoms with van der Waals surface area (Å²) in [5, 5.41) is 5.86. The summed E-state index contributed by atoms with van der Waals surface area (Å²) in [4.78, 5) is 20.0. The van der Waals surface area contributed by atoms with Crippen LogP contribution < -0.4 is 10.6 Å². The van der Waals surface area contributed by atoms with E-state index in [1.54, 1.807) is 43.7 Å². The van der Waals surface area contributed by atoms with E-state index in [4.69, 9.17) is 11.6 Å². The Balaban J connectivity index is 2.23. The van der Waals surface area contributed by atoms with Gasteiger partial charge in [0.15, 0.2) is 0 Å². The Bertz CT molecular complexity index is 559. The maximum atomic E-state index is 12.0. The lowest BCUT2D eigenvalue weighted by molar-refractivity contribution is 0.102. The Morgan fingerprint density at radius 3 is 2.61 bits per heavy atom. The third kappa shape index (κ3) is 2.75. The van der Waals surface area contributed by atoms with Crippen LogP contribution in [0.3, 0.4) is 0 Å². The Hall–Kier alpha value is -2.14. The Kier molecular flexibility index (Phi) is 3.74. The van der Waals surface area contributed by atoms with Crippen LogP contribution in [0.25, 0.3) is 0 Å². The van der Waals surface area contributed by atoms with Crippen LogP contribution in [-0.4, -0.2) is 22.9 Å². The normalized spacial score (nSPS) is 9.89. The number of rotatable bonds is 3. The molecular formula is C12H11ClN4O. The molecule has 2 aromatic heterocycles. The second kappa shape index (κ2) is 5.46. The molecule has 0 aliphatic carbocycles. The highest BCUT2D eigenvalue weighted by Gasteiger charge is 2.13. The molecule has 0 fully saturated rings. The summed E-state index contributed by atoms with van der Waals surface area (Å²) in [6.07, 6.45) is 3.18. The molecule has 92 valence electrons. The minimum absolute atomic E-state index is 0.181. The van der Waals surface area contributed by atoms with Gasteiger partial charge in [-0.15, -0.1) is 0 Å². The fourth-order valence-corrected chi connectivity index (χ4v) is 1.56. The average molecular weight is 263 g/mol. The molecule has 0 unspecified atom stereocenters. The van der Waals surface area contributed by atoms with Crippen molar-refractivity contribution < 1.29 is 4.79 Å². The summed E-state index contributed by atoms with van der Waals surface area (Å²) in [6, 6.07) is 6.70. The third-order valence-corrected chi connectivity index (χ3v) is 2.56. The number of hydrogen-bond donors (Lipinski definition) is 2.